The third-order valence-electron chi connectivity index (χ3n) is 8.89. The Morgan fingerprint density at radius 2 is 1.90 bits per heavy atom. The molecule has 0 spiro atoms. The Balaban J connectivity index is 1.27. The maximum atomic E-state index is 13.4. The van der Waals surface area contributed by atoms with Crippen LogP contribution in [0, 0.1) is 0 Å². The van der Waals surface area contributed by atoms with Gasteiger partial charge in [0.1, 0.15) is 23.2 Å². The summed E-state index contributed by atoms with van der Waals surface area (Å²) in [6.45, 7) is 8.83. The molecule has 3 aromatic heterocycles. The number of urea groups is 1. The lowest BCUT2D eigenvalue weighted by Crippen LogP contribution is -2.49. The predicted octanol–water partition coefficient (Wildman–Crippen LogP) is 4.03. The van der Waals surface area contributed by atoms with Gasteiger partial charge in [0.2, 0.25) is 16.0 Å². The van der Waals surface area contributed by atoms with Crippen molar-refractivity contribution in [2.24, 2.45) is 0 Å². The molecule has 0 unspecified atom stereocenters. The fourth-order valence-corrected chi connectivity index (χ4v) is 6.60. The molecule has 2 aliphatic rings. The molecule has 6 rings (SSSR count). The number of hydrogen-bond acceptors (Lipinski definition) is 10. The Morgan fingerprint density at radius 3 is 2.58 bits per heavy atom. The van der Waals surface area contributed by atoms with Crippen molar-refractivity contribution in [3.8, 4) is 5.75 Å². The number of nitrogens with zero attached hydrogens (tertiary/aromatic N) is 6. The number of carbonyl (C=O) groups excluding carboxylic acids is 2. The number of likely N-dealkylation sites (tertiary alicyclic amines) is 1. The van der Waals surface area contributed by atoms with Gasteiger partial charge in [-0.15, -0.1) is 10.2 Å². The van der Waals surface area contributed by atoms with Crippen molar-refractivity contribution in [1.29, 1.82) is 0 Å². The molecule has 4 aromatic rings. The van der Waals surface area contributed by atoms with Crippen LogP contribution in [0.4, 0.5) is 16.6 Å². The number of anilines is 2. The van der Waals surface area contributed by atoms with Gasteiger partial charge in [-0.25, -0.2) is 18.2 Å². The topological polar surface area (TPSA) is 173 Å². The van der Waals surface area contributed by atoms with Crippen LogP contribution in [-0.4, -0.2) is 70.0 Å². The summed E-state index contributed by atoms with van der Waals surface area (Å²) in [6.07, 6.45) is 8.33. The average Bonchev–Trinajstić information content (AvgIpc) is 3.59. The van der Waals surface area contributed by atoms with Gasteiger partial charge in [-0.2, -0.15) is 4.98 Å². The number of benzene rings is 1. The highest BCUT2D eigenvalue weighted by atomic mass is 32.2. The van der Waals surface area contributed by atoms with E-state index in [-0.39, 0.29) is 17.3 Å². The highest BCUT2D eigenvalue weighted by Gasteiger charge is 2.41. The monoisotopic (exact) mass is 673 g/mol. The SMILES string of the molecule is CN1CCC[C@@]1(C)c1nnc2ccc(O[C@@H]3C=C[C@](C=O)(NC(=O)Nc4cc(C(C)(C)C)nc(NS(C)(=O)=O)n4)c4ccccc43)cn12. The molecule has 1 aliphatic carbocycles. The van der Waals surface area contributed by atoms with Gasteiger partial charge in [-0.3, -0.25) is 24.1 Å². The van der Waals surface area contributed by atoms with Crippen molar-refractivity contribution < 1.29 is 22.7 Å². The van der Waals surface area contributed by atoms with Crippen LogP contribution in [-0.2, 0) is 31.3 Å². The summed E-state index contributed by atoms with van der Waals surface area (Å²) in [5.41, 5.74) is 0.165. The number of pyridine rings is 1. The maximum Gasteiger partial charge on any atom is 0.321 e. The number of hydrogen-bond donors (Lipinski definition) is 3. The summed E-state index contributed by atoms with van der Waals surface area (Å²) in [5, 5.41) is 14.3. The van der Waals surface area contributed by atoms with E-state index in [1.807, 2.05) is 55.6 Å². The van der Waals surface area contributed by atoms with Crippen molar-refractivity contribution in [1.82, 2.24) is 34.8 Å². The van der Waals surface area contributed by atoms with Crippen molar-refractivity contribution in [2.45, 2.75) is 63.1 Å². The zero-order valence-electron chi connectivity index (χ0n) is 27.7. The molecule has 48 heavy (non-hydrogen) atoms. The Morgan fingerprint density at radius 1 is 1.12 bits per heavy atom. The lowest BCUT2D eigenvalue weighted by atomic mass is 9.81. The van der Waals surface area contributed by atoms with E-state index in [1.165, 1.54) is 0 Å². The van der Waals surface area contributed by atoms with Crippen LogP contribution < -0.4 is 20.1 Å². The summed E-state index contributed by atoms with van der Waals surface area (Å²) >= 11 is 0. The molecule has 15 heteroatoms. The number of ether oxygens (including phenoxy) is 1. The van der Waals surface area contributed by atoms with E-state index in [4.69, 9.17) is 4.74 Å². The van der Waals surface area contributed by atoms with Gasteiger partial charge < -0.3 is 10.1 Å². The number of aromatic nitrogens is 5. The van der Waals surface area contributed by atoms with E-state index in [2.05, 4.69) is 54.4 Å². The van der Waals surface area contributed by atoms with Crippen LogP contribution >= 0.6 is 0 Å². The molecule has 1 fully saturated rings. The second-order valence-electron chi connectivity index (χ2n) is 13.6. The molecular formula is C33H39N9O5S. The molecule has 252 valence electrons. The van der Waals surface area contributed by atoms with E-state index in [0.29, 0.717) is 34.5 Å². The molecule has 1 aromatic carbocycles. The van der Waals surface area contributed by atoms with Crippen LogP contribution in [0.3, 0.4) is 0 Å². The maximum absolute atomic E-state index is 13.4. The van der Waals surface area contributed by atoms with Crippen LogP contribution in [0.5, 0.6) is 5.75 Å². The highest BCUT2D eigenvalue weighted by Crippen LogP contribution is 2.39. The van der Waals surface area contributed by atoms with Gasteiger partial charge in [0.15, 0.2) is 17.8 Å². The first-order valence-electron chi connectivity index (χ1n) is 15.5. The van der Waals surface area contributed by atoms with Gasteiger partial charge in [-0.05, 0) is 63.2 Å². The second kappa shape index (κ2) is 12.0. The second-order valence-corrected chi connectivity index (χ2v) is 15.3. The molecule has 4 heterocycles. The number of aldehydes is 1. The molecule has 0 saturated carbocycles. The predicted molar refractivity (Wildman–Crippen MR) is 180 cm³/mol. The Kier molecular flexibility index (Phi) is 8.24. The summed E-state index contributed by atoms with van der Waals surface area (Å²) in [6, 6.07) is 11.7. The van der Waals surface area contributed by atoms with Gasteiger partial charge in [0.25, 0.3) is 0 Å². The molecule has 3 atom stereocenters. The fourth-order valence-electron chi connectivity index (χ4n) is 6.18. The number of nitrogens with one attached hydrogen (secondary N) is 3. The third kappa shape index (κ3) is 6.34. The normalized spacial score (nSPS) is 22.7. The van der Waals surface area contributed by atoms with E-state index in [0.717, 1.165) is 31.5 Å². The van der Waals surface area contributed by atoms with Crippen LogP contribution in [0.15, 0.2) is 60.8 Å². The van der Waals surface area contributed by atoms with Gasteiger partial charge in [-0.1, -0.05) is 45.0 Å². The van der Waals surface area contributed by atoms with E-state index < -0.39 is 33.1 Å². The van der Waals surface area contributed by atoms with E-state index in [1.54, 1.807) is 30.4 Å². The standard InChI is InChI=1S/C33H39N9O5S/c1-31(2,3)25-18-26(35-29(34-25)40-48(6,45)46)36-30(44)37-33(20-43)16-14-24(22-10-7-8-11-23(22)33)47-21-12-13-27-38-39-28(42(27)19-21)32(4)15-9-17-41(32)5/h7-8,10-14,16,18-20,24H,9,15,17H2,1-6H3,(H3,34,35,36,37,40,44)/t24-,32+,33-/m1/s1. The average molecular weight is 674 g/mol. The smallest absolute Gasteiger partial charge is 0.321 e. The van der Waals surface area contributed by atoms with Crippen molar-refractivity contribution in [3.63, 3.8) is 0 Å². The minimum Gasteiger partial charge on any atom is -0.480 e. The summed E-state index contributed by atoms with van der Waals surface area (Å²) < 4.78 is 34.5. The first-order chi connectivity index (χ1) is 22.6. The Labute approximate surface area is 279 Å². The number of sulfonamides is 1. The van der Waals surface area contributed by atoms with Crippen molar-refractivity contribution in [3.05, 3.63) is 83.5 Å². The van der Waals surface area contributed by atoms with Crippen LogP contribution in [0.2, 0.25) is 0 Å². The zero-order valence-corrected chi connectivity index (χ0v) is 28.5. The van der Waals surface area contributed by atoms with Crippen LogP contribution in [0.1, 0.15) is 69.3 Å². The number of fused-ring (bicyclic) bond motifs is 2. The molecule has 0 bridgehead atoms. The zero-order chi connectivity index (χ0) is 34.5. The van der Waals surface area contributed by atoms with E-state index in [9.17, 15) is 18.0 Å². The molecular weight excluding hydrogens is 634 g/mol. The minimum absolute atomic E-state index is 0.0512. The van der Waals surface area contributed by atoms with Gasteiger partial charge in [0.05, 0.1) is 23.7 Å². The number of amides is 2. The largest absolute Gasteiger partial charge is 0.480 e. The van der Waals surface area contributed by atoms with Gasteiger partial charge >= 0.3 is 6.03 Å². The number of carbonyl (C=O) groups is 2. The van der Waals surface area contributed by atoms with E-state index >= 15 is 0 Å². The fraction of sp³-hybridized carbons (Fsp3) is 0.394. The summed E-state index contributed by atoms with van der Waals surface area (Å²) in [4.78, 5) is 36.9. The lowest BCUT2D eigenvalue weighted by Gasteiger charge is -2.34. The van der Waals surface area contributed by atoms with Crippen molar-refractivity contribution >= 4 is 39.8 Å². The molecule has 0 radical (unpaired) electrons. The highest BCUT2D eigenvalue weighted by molar-refractivity contribution is 7.92. The first kappa shape index (κ1) is 33.0. The Bertz CT molecular complexity index is 2040. The summed E-state index contributed by atoms with van der Waals surface area (Å²) in [7, 11) is -1.59. The molecule has 1 aliphatic heterocycles. The molecule has 14 nitrogen and oxygen atoms in total. The molecule has 3 N–H and O–H groups in total. The van der Waals surface area contributed by atoms with Crippen molar-refractivity contribution in [2.75, 3.05) is 29.9 Å². The minimum atomic E-state index is -3.68. The first-order valence-corrected chi connectivity index (χ1v) is 17.4. The molecule has 1 saturated heterocycles. The third-order valence-corrected chi connectivity index (χ3v) is 9.44. The quantitative estimate of drug-likeness (QED) is 0.183. The lowest BCUT2D eigenvalue weighted by molar-refractivity contribution is -0.111. The Hall–Kier alpha value is -4.89. The van der Waals surface area contributed by atoms with Crippen LogP contribution in [0.25, 0.3) is 5.65 Å². The summed E-state index contributed by atoms with van der Waals surface area (Å²) in [5.74, 6) is 1.29. The van der Waals surface area contributed by atoms with Gasteiger partial charge in [0, 0.05) is 17.0 Å². The molecule has 2 amide bonds. The number of rotatable bonds is 8.